The number of nitrogens with one attached hydrogen (secondary N) is 1. The number of carbonyl (C=O) groups is 1. The zero-order valence-corrected chi connectivity index (χ0v) is 13.6. The number of anilines is 1. The third-order valence-electron chi connectivity index (χ3n) is 3.67. The minimum atomic E-state index is -0.0409. The van der Waals surface area contributed by atoms with Crippen LogP contribution >= 0.6 is 0 Å². The number of hydrogen-bond acceptors (Lipinski definition) is 3. The topological polar surface area (TPSA) is 55.1 Å². The second-order valence-electron chi connectivity index (χ2n) is 6.10. The van der Waals surface area contributed by atoms with Gasteiger partial charge in [0.05, 0.1) is 6.42 Å². The van der Waals surface area contributed by atoms with Crippen LogP contribution in [-0.2, 0) is 11.2 Å². The van der Waals surface area contributed by atoms with Gasteiger partial charge in [0.15, 0.2) is 11.5 Å². The van der Waals surface area contributed by atoms with E-state index in [0.717, 1.165) is 22.4 Å². The van der Waals surface area contributed by atoms with Gasteiger partial charge in [-0.05, 0) is 30.7 Å². The molecular weight excluding hydrogens is 288 g/mol. The third kappa shape index (κ3) is 3.59. The lowest BCUT2D eigenvalue weighted by Gasteiger charge is -2.05. The van der Waals surface area contributed by atoms with Crippen molar-refractivity contribution in [3.63, 3.8) is 0 Å². The normalized spacial score (nSPS) is 11.1. The van der Waals surface area contributed by atoms with Gasteiger partial charge in [-0.3, -0.25) is 4.79 Å². The van der Waals surface area contributed by atoms with E-state index < -0.39 is 0 Å². The van der Waals surface area contributed by atoms with Gasteiger partial charge in [-0.2, -0.15) is 0 Å². The summed E-state index contributed by atoms with van der Waals surface area (Å²) in [5.74, 6) is 0.908. The number of aryl methyl sites for hydroxylation is 1. The Labute approximate surface area is 135 Å². The number of amides is 1. The van der Waals surface area contributed by atoms with Gasteiger partial charge in [0.25, 0.3) is 0 Å². The summed E-state index contributed by atoms with van der Waals surface area (Å²) >= 11 is 0. The second kappa shape index (κ2) is 6.24. The summed E-state index contributed by atoms with van der Waals surface area (Å²) in [7, 11) is 0. The van der Waals surface area contributed by atoms with E-state index in [4.69, 9.17) is 4.42 Å². The van der Waals surface area contributed by atoms with Crippen LogP contribution in [0.15, 0.2) is 46.9 Å². The molecule has 0 aliphatic heterocycles. The zero-order valence-electron chi connectivity index (χ0n) is 13.6. The molecule has 0 atom stereocenters. The fraction of sp³-hybridized carbons (Fsp3) is 0.263. The molecule has 0 saturated heterocycles. The third-order valence-corrected chi connectivity index (χ3v) is 3.67. The Morgan fingerprint density at radius 1 is 1.17 bits per heavy atom. The molecule has 118 valence electrons. The largest absolute Gasteiger partial charge is 0.440 e. The number of carbonyl (C=O) groups excluding carboxylic acids is 1. The lowest BCUT2D eigenvalue weighted by Crippen LogP contribution is -2.14. The van der Waals surface area contributed by atoms with Crippen molar-refractivity contribution in [2.45, 2.75) is 33.1 Å². The highest BCUT2D eigenvalue weighted by molar-refractivity contribution is 5.94. The van der Waals surface area contributed by atoms with Crippen molar-refractivity contribution >= 4 is 22.7 Å². The SMILES string of the molecule is Cc1ccc(CC(=O)Nc2ccc3oc(C(C)C)nc3c2)cc1. The summed E-state index contributed by atoms with van der Waals surface area (Å²) in [5.41, 5.74) is 4.43. The fourth-order valence-electron chi connectivity index (χ4n) is 2.37. The predicted molar refractivity (Wildman–Crippen MR) is 91.6 cm³/mol. The molecule has 4 heteroatoms. The average molecular weight is 308 g/mol. The van der Waals surface area contributed by atoms with E-state index in [-0.39, 0.29) is 11.8 Å². The maximum Gasteiger partial charge on any atom is 0.228 e. The van der Waals surface area contributed by atoms with Crippen molar-refractivity contribution in [3.8, 4) is 0 Å². The quantitative estimate of drug-likeness (QED) is 0.775. The molecule has 0 fully saturated rings. The minimum absolute atomic E-state index is 0.0409. The average Bonchev–Trinajstić information content (AvgIpc) is 2.93. The highest BCUT2D eigenvalue weighted by Crippen LogP contribution is 2.23. The lowest BCUT2D eigenvalue weighted by atomic mass is 10.1. The van der Waals surface area contributed by atoms with Crippen LogP contribution in [0.2, 0.25) is 0 Å². The lowest BCUT2D eigenvalue weighted by molar-refractivity contribution is -0.115. The second-order valence-corrected chi connectivity index (χ2v) is 6.10. The van der Waals surface area contributed by atoms with Gasteiger partial charge >= 0.3 is 0 Å². The molecule has 0 bridgehead atoms. The zero-order chi connectivity index (χ0) is 16.4. The number of nitrogens with zero attached hydrogens (tertiary/aromatic N) is 1. The maximum absolute atomic E-state index is 12.2. The Balaban J connectivity index is 1.72. The highest BCUT2D eigenvalue weighted by atomic mass is 16.3. The van der Waals surface area contributed by atoms with Crippen molar-refractivity contribution in [2.75, 3.05) is 5.32 Å². The molecule has 0 aliphatic carbocycles. The highest BCUT2D eigenvalue weighted by Gasteiger charge is 2.11. The summed E-state index contributed by atoms with van der Waals surface area (Å²) in [6.07, 6.45) is 0.356. The first kappa shape index (κ1) is 15.3. The van der Waals surface area contributed by atoms with Crippen LogP contribution in [0.4, 0.5) is 5.69 Å². The van der Waals surface area contributed by atoms with E-state index in [1.54, 1.807) is 0 Å². The summed E-state index contributed by atoms with van der Waals surface area (Å²) in [5, 5.41) is 2.92. The number of fused-ring (bicyclic) bond motifs is 1. The van der Waals surface area contributed by atoms with Crippen molar-refractivity contribution < 1.29 is 9.21 Å². The Kier molecular flexibility index (Phi) is 4.15. The van der Waals surface area contributed by atoms with Gasteiger partial charge in [0, 0.05) is 11.6 Å². The Morgan fingerprint density at radius 2 is 1.91 bits per heavy atom. The molecule has 1 amide bonds. The molecule has 2 aromatic carbocycles. The smallest absolute Gasteiger partial charge is 0.228 e. The predicted octanol–water partition coefficient (Wildman–Crippen LogP) is 4.44. The number of aromatic nitrogens is 1. The monoisotopic (exact) mass is 308 g/mol. The van der Waals surface area contributed by atoms with Gasteiger partial charge in [0.2, 0.25) is 5.91 Å². The summed E-state index contributed by atoms with van der Waals surface area (Å²) in [6.45, 7) is 6.10. The van der Waals surface area contributed by atoms with Crippen molar-refractivity contribution in [2.24, 2.45) is 0 Å². The van der Waals surface area contributed by atoms with Gasteiger partial charge in [0.1, 0.15) is 5.52 Å². The van der Waals surface area contributed by atoms with Crippen molar-refractivity contribution in [1.82, 2.24) is 4.98 Å². The standard InChI is InChI=1S/C19H20N2O2/c1-12(2)19-21-16-11-15(8-9-17(16)23-19)20-18(22)10-14-6-4-13(3)5-7-14/h4-9,11-12H,10H2,1-3H3,(H,20,22). The van der Waals surface area contributed by atoms with Crippen LogP contribution in [0.25, 0.3) is 11.1 Å². The Morgan fingerprint density at radius 3 is 2.61 bits per heavy atom. The molecule has 1 aromatic heterocycles. The number of oxazole rings is 1. The summed E-state index contributed by atoms with van der Waals surface area (Å²) < 4.78 is 5.67. The first-order valence-corrected chi connectivity index (χ1v) is 7.77. The van der Waals surface area contributed by atoms with E-state index >= 15 is 0 Å². The van der Waals surface area contributed by atoms with Gasteiger partial charge < -0.3 is 9.73 Å². The van der Waals surface area contributed by atoms with E-state index in [1.807, 2.05) is 63.2 Å². The first-order chi connectivity index (χ1) is 11.0. The molecule has 0 unspecified atom stereocenters. The summed E-state index contributed by atoms with van der Waals surface area (Å²) in [4.78, 5) is 16.6. The van der Waals surface area contributed by atoms with Crippen LogP contribution < -0.4 is 5.32 Å². The van der Waals surface area contributed by atoms with Gasteiger partial charge in [-0.1, -0.05) is 43.7 Å². The van der Waals surface area contributed by atoms with Crippen LogP contribution in [0.5, 0.6) is 0 Å². The molecule has 23 heavy (non-hydrogen) atoms. The van der Waals surface area contributed by atoms with E-state index in [9.17, 15) is 4.79 Å². The molecule has 0 aliphatic rings. The first-order valence-electron chi connectivity index (χ1n) is 7.77. The molecule has 3 rings (SSSR count). The van der Waals surface area contributed by atoms with Crippen LogP contribution in [0.1, 0.15) is 36.8 Å². The van der Waals surface area contributed by atoms with E-state index in [2.05, 4.69) is 10.3 Å². The maximum atomic E-state index is 12.2. The van der Waals surface area contributed by atoms with Gasteiger partial charge in [-0.25, -0.2) is 4.98 Å². The molecular formula is C19H20N2O2. The molecule has 0 spiro atoms. The Hall–Kier alpha value is -2.62. The number of rotatable bonds is 4. The Bertz CT molecular complexity index is 832. The van der Waals surface area contributed by atoms with E-state index in [1.165, 1.54) is 5.56 Å². The summed E-state index contributed by atoms with van der Waals surface area (Å²) in [6, 6.07) is 13.5. The van der Waals surface area contributed by atoms with Gasteiger partial charge in [-0.15, -0.1) is 0 Å². The molecule has 0 saturated carbocycles. The fourth-order valence-corrected chi connectivity index (χ4v) is 2.37. The van der Waals surface area contributed by atoms with Crippen LogP contribution in [0, 0.1) is 6.92 Å². The molecule has 0 radical (unpaired) electrons. The molecule has 4 nitrogen and oxygen atoms in total. The molecule has 1 heterocycles. The number of hydrogen-bond donors (Lipinski definition) is 1. The van der Waals surface area contributed by atoms with Crippen LogP contribution in [0.3, 0.4) is 0 Å². The van der Waals surface area contributed by atoms with Crippen LogP contribution in [-0.4, -0.2) is 10.9 Å². The molecule has 1 N–H and O–H groups in total. The van der Waals surface area contributed by atoms with Crippen molar-refractivity contribution in [3.05, 3.63) is 59.5 Å². The van der Waals surface area contributed by atoms with E-state index in [0.29, 0.717) is 12.3 Å². The van der Waals surface area contributed by atoms with Crippen molar-refractivity contribution in [1.29, 1.82) is 0 Å². The minimum Gasteiger partial charge on any atom is -0.440 e. The number of benzene rings is 2. The molecule has 3 aromatic rings.